The van der Waals surface area contributed by atoms with Gasteiger partial charge in [0.1, 0.15) is 5.82 Å². The Labute approximate surface area is 152 Å². The van der Waals surface area contributed by atoms with Crippen molar-refractivity contribution in [2.75, 3.05) is 0 Å². The lowest BCUT2D eigenvalue weighted by atomic mass is 10.1. The Bertz CT molecular complexity index is 870. The highest BCUT2D eigenvalue weighted by molar-refractivity contribution is 6.42. The molecule has 0 aliphatic rings. The molecule has 0 unspecified atom stereocenters. The average Bonchev–Trinajstić information content (AvgIpc) is 2.86. The van der Waals surface area contributed by atoms with E-state index in [0.29, 0.717) is 16.6 Å². The summed E-state index contributed by atoms with van der Waals surface area (Å²) in [5.74, 6) is 0.881. The Morgan fingerprint density at radius 2 is 1.92 bits per heavy atom. The summed E-state index contributed by atoms with van der Waals surface area (Å²) >= 11 is 12.4. The molecular formula is C19H21Cl2N3. The van der Waals surface area contributed by atoms with Crippen molar-refractivity contribution in [3.8, 4) is 0 Å². The number of benzene rings is 2. The van der Waals surface area contributed by atoms with Gasteiger partial charge >= 0.3 is 0 Å². The van der Waals surface area contributed by atoms with Crippen LogP contribution in [0.5, 0.6) is 0 Å². The standard InChI is InChI=1S/C19H21Cl2N3/c1-3-5-16(22)19-23-17-9-14(20)15(21)10-18(17)24(19)11-13-7-4-6-12(2)8-13/h4,6-10,16H,3,5,11,22H2,1-2H3/t16-/m0/s1. The summed E-state index contributed by atoms with van der Waals surface area (Å²) in [5.41, 5.74) is 10.6. The molecule has 1 aromatic heterocycles. The van der Waals surface area contributed by atoms with E-state index in [-0.39, 0.29) is 6.04 Å². The number of hydrogen-bond donors (Lipinski definition) is 1. The van der Waals surface area contributed by atoms with Crippen LogP contribution < -0.4 is 5.73 Å². The summed E-state index contributed by atoms with van der Waals surface area (Å²) in [4.78, 5) is 4.75. The third-order valence-corrected chi connectivity index (χ3v) is 4.90. The first-order valence-electron chi connectivity index (χ1n) is 8.16. The quantitative estimate of drug-likeness (QED) is 0.651. The zero-order valence-corrected chi connectivity index (χ0v) is 15.4. The number of nitrogens with zero attached hydrogens (tertiary/aromatic N) is 2. The topological polar surface area (TPSA) is 43.8 Å². The van der Waals surface area contributed by atoms with Gasteiger partial charge in [0.15, 0.2) is 0 Å². The van der Waals surface area contributed by atoms with Gasteiger partial charge in [0.2, 0.25) is 0 Å². The molecule has 0 bridgehead atoms. The molecule has 1 atom stereocenters. The fraction of sp³-hybridized carbons (Fsp3) is 0.316. The number of fused-ring (bicyclic) bond motifs is 1. The minimum Gasteiger partial charge on any atom is -0.322 e. The fourth-order valence-corrected chi connectivity index (χ4v) is 3.34. The summed E-state index contributed by atoms with van der Waals surface area (Å²) in [7, 11) is 0. The highest BCUT2D eigenvalue weighted by atomic mass is 35.5. The van der Waals surface area contributed by atoms with E-state index in [9.17, 15) is 0 Å². The third kappa shape index (κ3) is 3.44. The SMILES string of the molecule is CCC[C@H](N)c1nc2cc(Cl)c(Cl)cc2n1Cc1cccc(C)c1. The Morgan fingerprint density at radius 1 is 1.17 bits per heavy atom. The van der Waals surface area contributed by atoms with Gasteiger partial charge in [-0.25, -0.2) is 4.98 Å². The normalized spacial score (nSPS) is 12.7. The van der Waals surface area contributed by atoms with E-state index >= 15 is 0 Å². The maximum Gasteiger partial charge on any atom is 0.127 e. The summed E-state index contributed by atoms with van der Waals surface area (Å²) in [5, 5.41) is 1.05. The van der Waals surface area contributed by atoms with Crippen LogP contribution in [0.15, 0.2) is 36.4 Å². The van der Waals surface area contributed by atoms with Crippen LogP contribution in [0.1, 0.15) is 42.8 Å². The molecule has 0 saturated heterocycles. The van der Waals surface area contributed by atoms with Gasteiger partial charge in [-0.15, -0.1) is 0 Å². The molecule has 0 aliphatic carbocycles. The Kier molecular flexibility index (Phi) is 5.14. The molecular weight excluding hydrogens is 341 g/mol. The zero-order valence-electron chi connectivity index (χ0n) is 13.9. The van der Waals surface area contributed by atoms with E-state index in [2.05, 4.69) is 42.7 Å². The molecule has 5 heteroatoms. The summed E-state index contributed by atoms with van der Waals surface area (Å²) < 4.78 is 2.16. The van der Waals surface area contributed by atoms with Crippen molar-refractivity contribution in [1.82, 2.24) is 9.55 Å². The Hall–Kier alpha value is -1.55. The van der Waals surface area contributed by atoms with Crippen LogP contribution >= 0.6 is 23.2 Å². The molecule has 0 saturated carbocycles. The molecule has 24 heavy (non-hydrogen) atoms. The second-order valence-electron chi connectivity index (χ2n) is 6.20. The van der Waals surface area contributed by atoms with Gasteiger partial charge < -0.3 is 10.3 Å². The molecule has 0 amide bonds. The van der Waals surface area contributed by atoms with Gasteiger partial charge in [-0.05, 0) is 31.0 Å². The summed E-state index contributed by atoms with van der Waals surface area (Å²) in [6.07, 6.45) is 1.90. The van der Waals surface area contributed by atoms with Crippen LogP contribution in [-0.2, 0) is 6.54 Å². The van der Waals surface area contributed by atoms with Crippen LogP contribution in [0.25, 0.3) is 11.0 Å². The first-order chi connectivity index (χ1) is 11.5. The maximum absolute atomic E-state index is 6.38. The lowest BCUT2D eigenvalue weighted by molar-refractivity contribution is 0.572. The summed E-state index contributed by atoms with van der Waals surface area (Å²) in [6.45, 7) is 4.93. The number of rotatable bonds is 5. The molecule has 0 spiro atoms. The van der Waals surface area contributed by atoms with Crippen molar-refractivity contribution >= 4 is 34.2 Å². The molecule has 3 rings (SSSR count). The second kappa shape index (κ2) is 7.14. The number of halogens is 2. The van der Waals surface area contributed by atoms with E-state index in [1.807, 2.05) is 12.1 Å². The van der Waals surface area contributed by atoms with E-state index in [0.717, 1.165) is 29.7 Å². The van der Waals surface area contributed by atoms with Gasteiger partial charge in [0.25, 0.3) is 0 Å². The Morgan fingerprint density at radius 3 is 2.62 bits per heavy atom. The first-order valence-corrected chi connectivity index (χ1v) is 8.91. The van der Waals surface area contributed by atoms with Gasteiger partial charge in [-0.3, -0.25) is 0 Å². The first kappa shape index (κ1) is 17.3. The predicted octanol–water partition coefficient (Wildman–Crippen LogP) is 5.50. The molecule has 2 N–H and O–H groups in total. The number of nitrogens with two attached hydrogens (primary N) is 1. The minimum absolute atomic E-state index is 0.107. The largest absolute Gasteiger partial charge is 0.322 e. The molecule has 2 aromatic carbocycles. The van der Waals surface area contributed by atoms with E-state index in [1.165, 1.54) is 11.1 Å². The van der Waals surface area contributed by atoms with Crippen LogP contribution in [0.3, 0.4) is 0 Å². The van der Waals surface area contributed by atoms with Crippen LogP contribution in [0.4, 0.5) is 0 Å². The van der Waals surface area contributed by atoms with Gasteiger partial charge in [0.05, 0.1) is 27.1 Å². The van der Waals surface area contributed by atoms with Crippen molar-refractivity contribution in [3.05, 3.63) is 63.4 Å². The van der Waals surface area contributed by atoms with Crippen molar-refractivity contribution in [2.45, 2.75) is 39.3 Å². The molecule has 3 nitrogen and oxygen atoms in total. The Balaban J connectivity index is 2.14. The van der Waals surface area contributed by atoms with E-state index in [1.54, 1.807) is 0 Å². The molecule has 0 fully saturated rings. The number of imidazole rings is 1. The second-order valence-corrected chi connectivity index (χ2v) is 7.01. The molecule has 0 radical (unpaired) electrons. The smallest absolute Gasteiger partial charge is 0.127 e. The van der Waals surface area contributed by atoms with Gasteiger partial charge in [0, 0.05) is 6.54 Å². The number of hydrogen-bond acceptors (Lipinski definition) is 2. The van der Waals surface area contributed by atoms with Gasteiger partial charge in [-0.2, -0.15) is 0 Å². The highest BCUT2D eigenvalue weighted by Gasteiger charge is 2.18. The van der Waals surface area contributed by atoms with Crippen molar-refractivity contribution in [3.63, 3.8) is 0 Å². The monoisotopic (exact) mass is 361 g/mol. The maximum atomic E-state index is 6.38. The molecule has 126 valence electrons. The number of aryl methyl sites for hydroxylation is 1. The average molecular weight is 362 g/mol. The van der Waals surface area contributed by atoms with Crippen molar-refractivity contribution in [1.29, 1.82) is 0 Å². The van der Waals surface area contributed by atoms with E-state index in [4.69, 9.17) is 33.9 Å². The minimum atomic E-state index is -0.107. The fourth-order valence-electron chi connectivity index (χ4n) is 3.02. The van der Waals surface area contributed by atoms with Crippen LogP contribution in [-0.4, -0.2) is 9.55 Å². The highest BCUT2D eigenvalue weighted by Crippen LogP contribution is 2.30. The van der Waals surface area contributed by atoms with E-state index < -0.39 is 0 Å². The van der Waals surface area contributed by atoms with Crippen LogP contribution in [0, 0.1) is 6.92 Å². The molecule has 3 aromatic rings. The molecule has 0 aliphatic heterocycles. The van der Waals surface area contributed by atoms with Crippen molar-refractivity contribution < 1.29 is 0 Å². The summed E-state index contributed by atoms with van der Waals surface area (Å²) in [6, 6.07) is 12.0. The van der Waals surface area contributed by atoms with Crippen LogP contribution in [0.2, 0.25) is 10.0 Å². The lowest BCUT2D eigenvalue weighted by Crippen LogP contribution is -2.17. The molecule has 1 heterocycles. The van der Waals surface area contributed by atoms with Gasteiger partial charge in [-0.1, -0.05) is 66.4 Å². The van der Waals surface area contributed by atoms with Crippen molar-refractivity contribution in [2.24, 2.45) is 5.73 Å². The zero-order chi connectivity index (χ0) is 17.3. The lowest BCUT2D eigenvalue weighted by Gasteiger charge is -2.15. The number of aromatic nitrogens is 2. The third-order valence-electron chi connectivity index (χ3n) is 4.17. The predicted molar refractivity (Wildman–Crippen MR) is 102 cm³/mol.